The topological polar surface area (TPSA) is 65.7 Å². The zero-order valence-corrected chi connectivity index (χ0v) is 14.2. The molecule has 0 N–H and O–H groups in total. The summed E-state index contributed by atoms with van der Waals surface area (Å²) in [5, 5.41) is 0.590. The van der Waals surface area contributed by atoms with Crippen molar-refractivity contribution in [3.8, 4) is 11.5 Å². The first-order valence-corrected chi connectivity index (χ1v) is 7.45. The third kappa shape index (κ3) is 3.80. The Bertz CT molecular complexity index is 820. The van der Waals surface area contributed by atoms with E-state index in [2.05, 4.69) is 6.58 Å². The summed E-state index contributed by atoms with van der Waals surface area (Å²) in [6, 6.07) is 4.38. The van der Waals surface area contributed by atoms with E-state index in [0.29, 0.717) is 10.9 Å². The van der Waals surface area contributed by atoms with Gasteiger partial charge in [0.15, 0.2) is 11.5 Å². The summed E-state index contributed by atoms with van der Waals surface area (Å²) in [5.74, 6) is -0.875. The minimum atomic E-state index is -2.26. The van der Waals surface area contributed by atoms with Gasteiger partial charge in [-0.3, -0.25) is 0 Å². The van der Waals surface area contributed by atoms with Gasteiger partial charge in [-0.25, -0.2) is 9.59 Å². The van der Waals surface area contributed by atoms with E-state index in [4.69, 9.17) is 48.7 Å². The van der Waals surface area contributed by atoms with Crippen molar-refractivity contribution in [2.75, 3.05) is 7.11 Å². The van der Waals surface area contributed by atoms with Crippen molar-refractivity contribution in [3.05, 3.63) is 46.8 Å². The summed E-state index contributed by atoms with van der Waals surface area (Å²) in [6.07, 6.45) is 1.79. The Kier molecular flexibility index (Phi) is 5.24. The van der Waals surface area contributed by atoms with Crippen LogP contribution in [0.5, 0.6) is 11.5 Å². The second-order valence-corrected chi connectivity index (χ2v) is 6.72. The first-order valence-electron chi connectivity index (χ1n) is 6.31. The summed E-state index contributed by atoms with van der Waals surface area (Å²) in [5.41, 5.74) is 0.0756. The molecule has 0 amide bonds. The van der Waals surface area contributed by atoms with Crippen LogP contribution in [0.25, 0.3) is 11.0 Å². The van der Waals surface area contributed by atoms with E-state index in [9.17, 15) is 9.59 Å². The number of halogens is 3. The molecule has 0 aliphatic rings. The quantitative estimate of drug-likeness (QED) is 0.266. The maximum Gasteiger partial charge on any atom is 0.364 e. The van der Waals surface area contributed by atoms with Crippen LogP contribution in [0.1, 0.15) is 5.56 Å². The summed E-state index contributed by atoms with van der Waals surface area (Å²) in [6.45, 7) is 3.63. The Hall–Kier alpha value is -1.69. The smallest absolute Gasteiger partial charge is 0.364 e. The molecule has 5 nitrogen and oxygen atoms in total. The fourth-order valence-corrected chi connectivity index (χ4v) is 2.09. The SMILES string of the molecule is C=CCc1c(OC(=O)C(Cl)(Cl)Cl)c(OC)cc2ccc(=O)oc12. The lowest BCUT2D eigenvalue weighted by molar-refractivity contribution is -0.133. The Morgan fingerprint density at radius 2 is 2.09 bits per heavy atom. The summed E-state index contributed by atoms with van der Waals surface area (Å²) >= 11 is 16.6. The van der Waals surface area contributed by atoms with Crippen molar-refractivity contribution in [1.82, 2.24) is 0 Å². The monoisotopic (exact) mass is 376 g/mol. The highest BCUT2D eigenvalue weighted by Gasteiger charge is 2.35. The van der Waals surface area contributed by atoms with Gasteiger partial charge in [0.25, 0.3) is 3.79 Å². The van der Waals surface area contributed by atoms with E-state index in [-0.39, 0.29) is 23.5 Å². The van der Waals surface area contributed by atoms with Crippen LogP contribution in [0.2, 0.25) is 0 Å². The molecule has 0 aliphatic carbocycles. The van der Waals surface area contributed by atoms with Crippen molar-refractivity contribution < 1.29 is 18.7 Å². The van der Waals surface area contributed by atoms with Crippen molar-refractivity contribution in [1.29, 1.82) is 0 Å². The lowest BCUT2D eigenvalue weighted by Gasteiger charge is -2.17. The number of hydrogen-bond donors (Lipinski definition) is 0. The van der Waals surface area contributed by atoms with Crippen molar-refractivity contribution in [2.24, 2.45) is 0 Å². The molecule has 0 atom stereocenters. The summed E-state index contributed by atoms with van der Waals surface area (Å²) in [7, 11) is 1.39. The molecular weight excluding hydrogens is 367 g/mol. The van der Waals surface area contributed by atoms with E-state index in [1.807, 2.05) is 0 Å². The minimum Gasteiger partial charge on any atom is -0.493 e. The summed E-state index contributed by atoms with van der Waals surface area (Å²) in [4.78, 5) is 23.4. The van der Waals surface area contributed by atoms with Crippen LogP contribution in [-0.2, 0) is 11.2 Å². The highest BCUT2D eigenvalue weighted by Crippen LogP contribution is 2.39. The fourth-order valence-electron chi connectivity index (χ4n) is 1.98. The third-order valence-corrected chi connectivity index (χ3v) is 3.38. The van der Waals surface area contributed by atoms with Crippen LogP contribution in [0, 0.1) is 0 Å². The summed E-state index contributed by atoms with van der Waals surface area (Å²) < 4.78 is 13.3. The van der Waals surface area contributed by atoms with E-state index in [0.717, 1.165) is 0 Å². The van der Waals surface area contributed by atoms with Gasteiger partial charge >= 0.3 is 11.6 Å². The largest absolute Gasteiger partial charge is 0.493 e. The molecule has 0 saturated carbocycles. The highest BCUT2D eigenvalue weighted by molar-refractivity contribution is 6.75. The molecule has 0 aliphatic heterocycles. The van der Waals surface area contributed by atoms with Crippen molar-refractivity contribution in [3.63, 3.8) is 0 Å². The molecule has 0 fully saturated rings. The van der Waals surface area contributed by atoms with Gasteiger partial charge in [-0.2, -0.15) is 0 Å². The van der Waals surface area contributed by atoms with Gasteiger partial charge in [0.2, 0.25) is 0 Å². The second-order valence-electron chi connectivity index (χ2n) is 4.44. The molecule has 2 rings (SSSR count). The molecular formula is C15H11Cl3O5. The van der Waals surface area contributed by atoms with Gasteiger partial charge in [-0.1, -0.05) is 40.9 Å². The number of rotatable bonds is 4. The van der Waals surface area contributed by atoms with Crippen molar-refractivity contribution >= 4 is 51.7 Å². The number of esters is 1. The van der Waals surface area contributed by atoms with Gasteiger partial charge in [-0.05, 0) is 18.6 Å². The normalized spacial score (nSPS) is 11.3. The number of carbonyl (C=O) groups is 1. The van der Waals surface area contributed by atoms with Gasteiger partial charge < -0.3 is 13.9 Å². The first-order chi connectivity index (χ1) is 10.8. The van der Waals surface area contributed by atoms with Gasteiger partial charge in [0.05, 0.1) is 7.11 Å². The van der Waals surface area contributed by atoms with Crippen LogP contribution < -0.4 is 15.1 Å². The Morgan fingerprint density at radius 3 is 2.65 bits per heavy atom. The number of alkyl halides is 3. The number of ether oxygens (including phenoxy) is 2. The Morgan fingerprint density at radius 1 is 1.39 bits per heavy atom. The molecule has 1 aromatic carbocycles. The van der Waals surface area contributed by atoms with Gasteiger partial charge in [-0.15, -0.1) is 6.58 Å². The molecule has 0 bridgehead atoms. The molecule has 0 saturated heterocycles. The maximum atomic E-state index is 11.9. The molecule has 0 spiro atoms. The average molecular weight is 378 g/mol. The van der Waals surface area contributed by atoms with Crippen LogP contribution in [0.4, 0.5) is 0 Å². The molecule has 1 heterocycles. The van der Waals surface area contributed by atoms with Crippen LogP contribution in [0.3, 0.4) is 0 Å². The number of methoxy groups -OCH3 is 1. The van der Waals surface area contributed by atoms with Gasteiger partial charge in [0, 0.05) is 17.0 Å². The first kappa shape index (κ1) is 17.7. The fraction of sp³-hybridized carbons (Fsp3) is 0.200. The third-order valence-electron chi connectivity index (χ3n) is 2.92. The lowest BCUT2D eigenvalue weighted by atomic mass is 10.1. The predicted molar refractivity (Wildman–Crippen MR) is 88.9 cm³/mol. The Balaban J connectivity index is 2.73. The zero-order chi connectivity index (χ0) is 17.2. The average Bonchev–Trinajstić information content (AvgIpc) is 2.48. The Labute approximate surface area is 146 Å². The van der Waals surface area contributed by atoms with Crippen LogP contribution in [-0.4, -0.2) is 16.9 Å². The molecule has 122 valence electrons. The van der Waals surface area contributed by atoms with E-state index < -0.39 is 15.4 Å². The molecule has 23 heavy (non-hydrogen) atoms. The number of hydrogen-bond acceptors (Lipinski definition) is 5. The number of fused-ring (bicyclic) bond motifs is 1. The second kappa shape index (κ2) is 6.83. The lowest BCUT2D eigenvalue weighted by Crippen LogP contribution is -2.25. The predicted octanol–water partition coefficient (Wildman–Crippen LogP) is 3.81. The zero-order valence-electron chi connectivity index (χ0n) is 11.9. The van der Waals surface area contributed by atoms with Crippen molar-refractivity contribution in [2.45, 2.75) is 10.2 Å². The van der Waals surface area contributed by atoms with Gasteiger partial charge in [0.1, 0.15) is 5.58 Å². The van der Waals surface area contributed by atoms with Crippen LogP contribution in [0.15, 0.2) is 40.1 Å². The standard InChI is InChI=1S/C15H11Cl3O5/c1-3-4-9-12-8(5-6-11(19)22-12)7-10(21-2)13(9)23-14(20)15(16,17)18/h3,5-7H,1,4H2,2H3. The maximum absolute atomic E-state index is 11.9. The number of carbonyl (C=O) groups excluding carboxylic acids is 1. The van der Waals surface area contributed by atoms with E-state index >= 15 is 0 Å². The van der Waals surface area contributed by atoms with E-state index in [1.54, 1.807) is 18.2 Å². The number of allylic oxidation sites excluding steroid dienone is 1. The molecule has 0 unspecified atom stereocenters. The van der Waals surface area contributed by atoms with E-state index in [1.165, 1.54) is 13.2 Å². The molecule has 2 aromatic rings. The minimum absolute atomic E-state index is 0.00516. The molecule has 8 heteroatoms. The molecule has 1 aromatic heterocycles. The number of benzene rings is 1. The highest BCUT2D eigenvalue weighted by atomic mass is 35.6. The molecule has 0 radical (unpaired) electrons. The van der Waals surface area contributed by atoms with Crippen LogP contribution >= 0.6 is 34.8 Å².